The number of nitrogens with one attached hydrogen (secondary N) is 1. The molecule has 0 radical (unpaired) electrons. The zero-order valence-corrected chi connectivity index (χ0v) is 13.6. The summed E-state index contributed by atoms with van der Waals surface area (Å²) in [4.78, 5) is 26.5. The molecule has 1 aromatic heterocycles. The van der Waals surface area contributed by atoms with Crippen molar-refractivity contribution in [1.29, 1.82) is 0 Å². The van der Waals surface area contributed by atoms with E-state index in [0.717, 1.165) is 0 Å². The third-order valence-corrected chi connectivity index (χ3v) is 4.14. The quantitative estimate of drug-likeness (QED) is 0.552. The number of carbonyl (C=O) groups excluding carboxylic acids is 1. The average Bonchev–Trinajstić information content (AvgIpc) is 3.03. The van der Waals surface area contributed by atoms with Gasteiger partial charge in [-0.15, -0.1) is 11.3 Å². The Bertz CT molecular complexity index is 925. The van der Waals surface area contributed by atoms with Crippen LogP contribution in [0, 0.1) is 15.9 Å². The van der Waals surface area contributed by atoms with Gasteiger partial charge in [0.05, 0.1) is 17.0 Å². The van der Waals surface area contributed by atoms with Gasteiger partial charge in [0.15, 0.2) is 5.13 Å². The predicted molar refractivity (Wildman–Crippen MR) is 92.9 cm³/mol. The van der Waals surface area contributed by atoms with Crippen LogP contribution in [-0.2, 0) is 11.2 Å². The van der Waals surface area contributed by atoms with E-state index < -0.39 is 4.92 Å². The summed E-state index contributed by atoms with van der Waals surface area (Å²) in [7, 11) is 0. The van der Waals surface area contributed by atoms with Crippen molar-refractivity contribution < 1.29 is 14.1 Å². The van der Waals surface area contributed by atoms with E-state index in [1.165, 1.54) is 47.7 Å². The number of nitro benzene ring substituents is 1. The van der Waals surface area contributed by atoms with Gasteiger partial charge in [0.25, 0.3) is 5.69 Å². The van der Waals surface area contributed by atoms with Crippen LogP contribution in [0.1, 0.15) is 5.56 Å². The Morgan fingerprint density at radius 2 is 2.00 bits per heavy atom. The van der Waals surface area contributed by atoms with Crippen molar-refractivity contribution in [2.75, 3.05) is 5.32 Å². The topological polar surface area (TPSA) is 85.1 Å². The molecule has 0 saturated heterocycles. The Morgan fingerprint density at radius 3 is 2.68 bits per heavy atom. The van der Waals surface area contributed by atoms with E-state index in [-0.39, 0.29) is 23.8 Å². The van der Waals surface area contributed by atoms with Crippen molar-refractivity contribution in [1.82, 2.24) is 4.98 Å². The maximum atomic E-state index is 13.3. The number of hydrogen-bond acceptors (Lipinski definition) is 5. The summed E-state index contributed by atoms with van der Waals surface area (Å²) in [6, 6.07) is 11.8. The molecule has 0 bridgehead atoms. The van der Waals surface area contributed by atoms with Gasteiger partial charge in [-0.1, -0.05) is 24.3 Å². The summed E-state index contributed by atoms with van der Waals surface area (Å²) in [5, 5.41) is 15.4. The minimum Gasteiger partial charge on any atom is -0.302 e. The van der Waals surface area contributed by atoms with E-state index in [2.05, 4.69) is 10.3 Å². The molecule has 0 atom stereocenters. The van der Waals surface area contributed by atoms with Crippen LogP contribution < -0.4 is 5.32 Å². The van der Waals surface area contributed by atoms with E-state index >= 15 is 0 Å². The molecule has 0 aliphatic heterocycles. The third kappa shape index (κ3) is 4.24. The van der Waals surface area contributed by atoms with Gasteiger partial charge in [0.2, 0.25) is 5.91 Å². The number of non-ortho nitro benzene ring substituents is 1. The molecule has 0 aliphatic carbocycles. The SMILES string of the molecule is O=C(Cc1ccc([N+](=O)[O-])cc1)Nc1nc(-c2cccc(F)c2)cs1. The van der Waals surface area contributed by atoms with E-state index in [9.17, 15) is 19.3 Å². The second-order valence-electron chi connectivity index (χ2n) is 5.20. The molecular formula is C17H12FN3O3S. The summed E-state index contributed by atoms with van der Waals surface area (Å²) in [5.74, 6) is -0.636. The number of amides is 1. The van der Waals surface area contributed by atoms with Gasteiger partial charge in [-0.25, -0.2) is 9.37 Å². The van der Waals surface area contributed by atoms with Crippen LogP contribution in [0.2, 0.25) is 0 Å². The van der Waals surface area contributed by atoms with Gasteiger partial charge in [0, 0.05) is 23.1 Å². The average molecular weight is 357 g/mol. The summed E-state index contributed by atoms with van der Waals surface area (Å²) < 4.78 is 13.3. The summed E-state index contributed by atoms with van der Waals surface area (Å²) in [5.41, 5.74) is 1.84. The molecule has 8 heteroatoms. The van der Waals surface area contributed by atoms with Gasteiger partial charge in [-0.2, -0.15) is 0 Å². The van der Waals surface area contributed by atoms with Crippen LogP contribution in [0.25, 0.3) is 11.3 Å². The van der Waals surface area contributed by atoms with Crippen LogP contribution in [0.3, 0.4) is 0 Å². The first kappa shape index (κ1) is 16.7. The molecule has 0 spiro atoms. The van der Waals surface area contributed by atoms with Crippen molar-refractivity contribution >= 4 is 28.1 Å². The Hall–Kier alpha value is -3.13. The number of halogens is 1. The van der Waals surface area contributed by atoms with Crippen LogP contribution in [0.4, 0.5) is 15.2 Å². The van der Waals surface area contributed by atoms with Gasteiger partial charge < -0.3 is 5.32 Å². The molecule has 0 fully saturated rings. The number of benzene rings is 2. The molecule has 0 saturated carbocycles. The highest BCUT2D eigenvalue weighted by molar-refractivity contribution is 7.14. The minimum atomic E-state index is -0.493. The van der Waals surface area contributed by atoms with E-state index in [1.807, 2.05) is 0 Å². The first-order valence-electron chi connectivity index (χ1n) is 7.26. The lowest BCUT2D eigenvalue weighted by molar-refractivity contribution is -0.384. The molecule has 3 rings (SSSR count). The number of thiazole rings is 1. The number of carbonyl (C=O) groups is 1. The lowest BCUT2D eigenvalue weighted by Crippen LogP contribution is -2.14. The summed E-state index contributed by atoms with van der Waals surface area (Å²) in [6.45, 7) is 0. The van der Waals surface area contributed by atoms with Gasteiger partial charge in [-0.3, -0.25) is 14.9 Å². The van der Waals surface area contributed by atoms with E-state index in [0.29, 0.717) is 22.0 Å². The van der Waals surface area contributed by atoms with E-state index in [1.54, 1.807) is 17.5 Å². The second-order valence-corrected chi connectivity index (χ2v) is 6.05. The molecule has 0 unspecified atom stereocenters. The van der Waals surface area contributed by atoms with Gasteiger partial charge in [0.1, 0.15) is 5.82 Å². The van der Waals surface area contributed by atoms with Crippen LogP contribution in [0.5, 0.6) is 0 Å². The zero-order valence-electron chi connectivity index (χ0n) is 12.8. The number of nitro groups is 1. The number of aromatic nitrogens is 1. The smallest absolute Gasteiger partial charge is 0.269 e. The number of rotatable bonds is 5. The maximum absolute atomic E-state index is 13.3. The van der Waals surface area contributed by atoms with Crippen LogP contribution >= 0.6 is 11.3 Å². The largest absolute Gasteiger partial charge is 0.302 e. The lowest BCUT2D eigenvalue weighted by atomic mass is 10.1. The van der Waals surface area contributed by atoms with Gasteiger partial charge in [-0.05, 0) is 17.7 Å². The molecule has 25 heavy (non-hydrogen) atoms. The van der Waals surface area contributed by atoms with Crippen LogP contribution in [-0.4, -0.2) is 15.8 Å². The minimum absolute atomic E-state index is 0.0242. The molecule has 1 N–H and O–H groups in total. The van der Waals surface area contributed by atoms with Crippen molar-refractivity contribution in [3.05, 3.63) is 75.4 Å². The fraction of sp³-hybridized carbons (Fsp3) is 0.0588. The third-order valence-electron chi connectivity index (χ3n) is 3.38. The maximum Gasteiger partial charge on any atom is 0.269 e. The molecule has 1 amide bonds. The zero-order chi connectivity index (χ0) is 17.8. The Morgan fingerprint density at radius 1 is 1.24 bits per heavy atom. The normalized spacial score (nSPS) is 10.4. The first-order chi connectivity index (χ1) is 12.0. The standard InChI is InChI=1S/C17H12FN3O3S/c18-13-3-1-2-12(9-13)15-10-25-17(19-15)20-16(22)8-11-4-6-14(7-5-11)21(23)24/h1-7,9-10H,8H2,(H,19,20,22). The Labute approximate surface area is 146 Å². The highest BCUT2D eigenvalue weighted by atomic mass is 32.1. The Kier molecular flexibility index (Phi) is 4.80. The highest BCUT2D eigenvalue weighted by Crippen LogP contribution is 2.25. The van der Waals surface area contributed by atoms with Crippen molar-refractivity contribution in [2.45, 2.75) is 6.42 Å². The summed E-state index contributed by atoms with van der Waals surface area (Å²) in [6.07, 6.45) is 0.0763. The van der Waals surface area contributed by atoms with Crippen LogP contribution in [0.15, 0.2) is 53.9 Å². The fourth-order valence-corrected chi connectivity index (χ4v) is 2.93. The molecular weight excluding hydrogens is 345 g/mol. The molecule has 2 aromatic carbocycles. The highest BCUT2D eigenvalue weighted by Gasteiger charge is 2.10. The molecule has 6 nitrogen and oxygen atoms in total. The fourth-order valence-electron chi connectivity index (χ4n) is 2.20. The summed E-state index contributed by atoms with van der Waals surface area (Å²) >= 11 is 1.24. The lowest BCUT2D eigenvalue weighted by Gasteiger charge is -2.02. The number of nitrogens with zero attached hydrogens (tertiary/aromatic N) is 2. The monoisotopic (exact) mass is 357 g/mol. The number of anilines is 1. The molecule has 126 valence electrons. The van der Waals surface area contributed by atoms with Crippen molar-refractivity contribution in [2.24, 2.45) is 0 Å². The first-order valence-corrected chi connectivity index (χ1v) is 8.14. The molecule has 0 aliphatic rings. The molecule has 3 aromatic rings. The Balaban J connectivity index is 1.64. The number of hydrogen-bond donors (Lipinski definition) is 1. The predicted octanol–water partition coefficient (Wildman–Crippen LogP) is 4.04. The van der Waals surface area contributed by atoms with Crippen molar-refractivity contribution in [3.8, 4) is 11.3 Å². The molecule has 1 heterocycles. The second kappa shape index (κ2) is 7.18. The van der Waals surface area contributed by atoms with Gasteiger partial charge >= 0.3 is 0 Å². The van der Waals surface area contributed by atoms with E-state index in [4.69, 9.17) is 0 Å². The van der Waals surface area contributed by atoms with Crippen molar-refractivity contribution in [3.63, 3.8) is 0 Å².